The van der Waals surface area contributed by atoms with E-state index in [1.54, 1.807) is 27.7 Å². The molecule has 9 heteroatoms. The first-order chi connectivity index (χ1) is 17.6. The molecular formula is C29H62N3O5P. The van der Waals surface area contributed by atoms with E-state index < -0.39 is 24.8 Å². The van der Waals surface area contributed by atoms with E-state index in [4.69, 9.17) is 20.5 Å². The monoisotopic (exact) mass is 563 g/mol. The van der Waals surface area contributed by atoms with Crippen LogP contribution in [0, 0.1) is 0 Å². The van der Waals surface area contributed by atoms with Gasteiger partial charge in [-0.25, -0.2) is 4.57 Å². The summed E-state index contributed by atoms with van der Waals surface area (Å²) >= 11 is 0. The highest BCUT2D eigenvalue weighted by Gasteiger charge is 2.37. The van der Waals surface area contributed by atoms with E-state index >= 15 is 0 Å². The number of carbonyl (C=O) groups excluding carboxylic acids is 1. The maximum Gasteiger partial charge on any atom is 0.474 e. The molecule has 0 heterocycles. The van der Waals surface area contributed by atoms with Gasteiger partial charge in [0.25, 0.3) is 0 Å². The number of nitrogens with one attached hydrogen (secondary N) is 1. The number of hydrogen-bond acceptors (Lipinski definition) is 6. The van der Waals surface area contributed by atoms with Crippen molar-refractivity contribution in [1.82, 2.24) is 5.32 Å². The summed E-state index contributed by atoms with van der Waals surface area (Å²) < 4.78 is 23.0. The highest BCUT2D eigenvalue weighted by molar-refractivity contribution is 7.47. The zero-order valence-electron chi connectivity index (χ0n) is 25.6. The third-order valence-corrected chi connectivity index (χ3v) is 8.21. The third-order valence-electron chi connectivity index (χ3n) is 6.84. The molecular weight excluding hydrogens is 501 g/mol. The Labute approximate surface area is 234 Å². The predicted molar refractivity (Wildman–Crippen MR) is 158 cm³/mol. The van der Waals surface area contributed by atoms with Gasteiger partial charge in [-0.05, 0) is 59.8 Å². The molecule has 0 fully saturated rings. The molecule has 0 aliphatic carbocycles. The molecule has 38 heavy (non-hydrogen) atoms. The minimum absolute atomic E-state index is 0.0278. The minimum Gasteiger partial charge on any atom is -0.339 e. The second-order valence-corrected chi connectivity index (χ2v) is 13.6. The summed E-state index contributed by atoms with van der Waals surface area (Å²) in [5, 5.41) is 2.93. The van der Waals surface area contributed by atoms with Crippen LogP contribution in [0.1, 0.15) is 164 Å². The fourth-order valence-electron chi connectivity index (χ4n) is 4.81. The zero-order valence-corrected chi connectivity index (χ0v) is 26.5. The topological polar surface area (TPSA) is 137 Å². The van der Waals surface area contributed by atoms with Crippen molar-refractivity contribution in [3.05, 3.63) is 0 Å². The first-order valence-electron chi connectivity index (χ1n) is 15.3. The maximum atomic E-state index is 12.4. The van der Waals surface area contributed by atoms with Gasteiger partial charge in [0.15, 0.2) is 0 Å². The normalized spacial score (nSPS) is 17.0. The first-order valence-corrected chi connectivity index (χ1v) is 16.8. The number of carbonyl (C=O) groups is 1. The summed E-state index contributed by atoms with van der Waals surface area (Å²) in [7, 11) is -4.33. The largest absolute Gasteiger partial charge is 0.474 e. The molecule has 0 aromatic heterocycles. The average molecular weight is 564 g/mol. The van der Waals surface area contributed by atoms with Crippen molar-refractivity contribution in [3.63, 3.8) is 0 Å². The van der Waals surface area contributed by atoms with Crippen molar-refractivity contribution >= 4 is 13.7 Å². The lowest BCUT2D eigenvalue weighted by atomic mass is 9.97. The Morgan fingerprint density at radius 1 is 0.711 bits per heavy atom. The molecule has 0 bridgehead atoms. The van der Waals surface area contributed by atoms with Crippen molar-refractivity contribution in [2.75, 3.05) is 0 Å². The molecule has 3 unspecified atom stereocenters. The fraction of sp³-hybridized carbons (Fsp3) is 0.966. The second-order valence-electron chi connectivity index (χ2n) is 12.3. The Hall–Kier alpha value is -0.500. The Morgan fingerprint density at radius 3 is 1.66 bits per heavy atom. The molecule has 0 rings (SSSR count). The maximum absolute atomic E-state index is 12.4. The Morgan fingerprint density at radius 2 is 1.18 bits per heavy atom. The molecule has 8 nitrogen and oxygen atoms in total. The molecule has 6 N–H and O–H groups in total. The number of phosphoric acid groups is 1. The summed E-state index contributed by atoms with van der Waals surface area (Å²) in [5.74, 6) is -0.0278. The minimum atomic E-state index is -4.33. The van der Waals surface area contributed by atoms with Gasteiger partial charge in [0.2, 0.25) is 5.91 Å². The number of phosphoric ester groups is 1. The Bertz CT molecular complexity index is 671. The number of hydrogen-bond donors (Lipinski definition) is 4. The van der Waals surface area contributed by atoms with Gasteiger partial charge in [0.05, 0.1) is 11.3 Å². The van der Waals surface area contributed by atoms with Crippen LogP contribution < -0.4 is 16.8 Å². The van der Waals surface area contributed by atoms with E-state index in [0.29, 0.717) is 32.1 Å². The summed E-state index contributed by atoms with van der Waals surface area (Å²) in [4.78, 5) is 22.5. The SMILES string of the molecule is CCCCCCCCCCCCCCCC(=O)NC(C)(N)CCCC(C)(C)OP(=O)(O)OC(C)(N)CCC. The number of amides is 1. The second kappa shape index (κ2) is 19.6. The highest BCUT2D eigenvalue weighted by Crippen LogP contribution is 2.51. The molecule has 3 atom stereocenters. The zero-order chi connectivity index (χ0) is 29.1. The lowest BCUT2D eigenvalue weighted by Crippen LogP contribution is -2.53. The summed E-state index contributed by atoms with van der Waals surface area (Å²) in [6.45, 7) is 11.0. The number of unbranched alkanes of at least 4 members (excludes halogenated alkanes) is 12. The molecule has 1 amide bonds. The van der Waals surface area contributed by atoms with E-state index in [2.05, 4.69) is 12.2 Å². The highest BCUT2D eigenvalue weighted by atomic mass is 31.2. The fourth-order valence-corrected chi connectivity index (χ4v) is 6.18. The first kappa shape index (κ1) is 37.5. The van der Waals surface area contributed by atoms with Gasteiger partial charge < -0.3 is 21.7 Å². The van der Waals surface area contributed by atoms with E-state index in [1.807, 2.05) is 6.92 Å². The van der Waals surface area contributed by atoms with Crippen LogP contribution in [-0.4, -0.2) is 27.8 Å². The van der Waals surface area contributed by atoms with Crippen molar-refractivity contribution in [2.45, 2.75) is 181 Å². The molecule has 0 radical (unpaired) electrons. The van der Waals surface area contributed by atoms with Gasteiger partial charge in [-0.3, -0.25) is 13.8 Å². The number of rotatable bonds is 25. The quantitative estimate of drug-likeness (QED) is 0.0505. The molecule has 0 aromatic carbocycles. The Kier molecular flexibility index (Phi) is 19.3. The third kappa shape index (κ3) is 22.3. The van der Waals surface area contributed by atoms with Crippen molar-refractivity contribution in [2.24, 2.45) is 11.5 Å². The van der Waals surface area contributed by atoms with E-state index in [0.717, 1.165) is 19.3 Å². The van der Waals surface area contributed by atoms with E-state index in [-0.39, 0.29) is 5.91 Å². The van der Waals surface area contributed by atoms with Crippen LogP contribution >= 0.6 is 7.82 Å². The average Bonchev–Trinajstić information content (AvgIpc) is 2.74. The van der Waals surface area contributed by atoms with Crippen molar-refractivity contribution < 1.29 is 23.3 Å². The van der Waals surface area contributed by atoms with E-state index in [1.165, 1.54) is 70.6 Å². The van der Waals surface area contributed by atoms with Gasteiger partial charge in [-0.2, -0.15) is 0 Å². The molecule has 228 valence electrons. The molecule has 0 aliphatic heterocycles. The van der Waals surface area contributed by atoms with Gasteiger partial charge in [-0.1, -0.05) is 97.3 Å². The molecule has 0 aliphatic rings. The molecule has 0 saturated carbocycles. The summed E-state index contributed by atoms with van der Waals surface area (Å²) in [5.41, 5.74) is 9.26. The van der Waals surface area contributed by atoms with Crippen molar-refractivity contribution in [3.8, 4) is 0 Å². The van der Waals surface area contributed by atoms with Gasteiger partial charge in [-0.15, -0.1) is 0 Å². The van der Waals surface area contributed by atoms with Gasteiger partial charge in [0, 0.05) is 6.42 Å². The predicted octanol–water partition coefficient (Wildman–Crippen LogP) is 7.82. The summed E-state index contributed by atoms with van der Waals surface area (Å²) in [6.07, 6.45) is 19.8. The summed E-state index contributed by atoms with van der Waals surface area (Å²) in [6, 6.07) is 0. The van der Waals surface area contributed by atoms with Gasteiger partial charge in [0.1, 0.15) is 5.72 Å². The molecule has 0 saturated heterocycles. The van der Waals surface area contributed by atoms with Gasteiger partial charge >= 0.3 is 7.82 Å². The molecule has 0 aromatic rings. The lowest BCUT2D eigenvalue weighted by Gasteiger charge is -2.33. The van der Waals surface area contributed by atoms with Crippen LogP contribution in [0.4, 0.5) is 0 Å². The lowest BCUT2D eigenvalue weighted by molar-refractivity contribution is -0.123. The standard InChI is InChI=1S/C29H62N3O5P/c1-7-9-10-11-12-13-14-15-16-17-18-19-20-22-26(33)32-28(5,30)25-21-24-27(3,4)36-38(34,35)37-29(6,31)23-8-2/h7-25,30-31H2,1-6H3,(H,32,33)(H,34,35). The van der Waals surface area contributed by atoms with Crippen LogP contribution in [0.5, 0.6) is 0 Å². The number of nitrogens with two attached hydrogens (primary N) is 2. The van der Waals surface area contributed by atoms with Crippen LogP contribution in [0.15, 0.2) is 0 Å². The Balaban J connectivity index is 4.04. The van der Waals surface area contributed by atoms with Crippen LogP contribution in [0.2, 0.25) is 0 Å². The van der Waals surface area contributed by atoms with Crippen LogP contribution in [0.3, 0.4) is 0 Å². The van der Waals surface area contributed by atoms with Crippen molar-refractivity contribution in [1.29, 1.82) is 0 Å². The van der Waals surface area contributed by atoms with E-state index in [9.17, 15) is 14.3 Å². The van der Waals surface area contributed by atoms with Crippen LogP contribution in [0.25, 0.3) is 0 Å². The smallest absolute Gasteiger partial charge is 0.339 e. The molecule has 0 spiro atoms. The van der Waals surface area contributed by atoms with Crippen LogP contribution in [-0.2, 0) is 18.4 Å².